The van der Waals surface area contributed by atoms with Crippen LogP contribution >= 0.6 is 0 Å². The van der Waals surface area contributed by atoms with Crippen LogP contribution in [0, 0.1) is 5.92 Å². The minimum Gasteiger partial charge on any atom is -0.491 e. The lowest BCUT2D eigenvalue weighted by molar-refractivity contribution is -0.146. The van der Waals surface area contributed by atoms with Gasteiger partial charge in [0.1, 0.15) is 5.75 Å². The summed E-state index contributed by atoms with van der Waals surface area (Å²) in [4.78, 5) is 12.1. The van der Waals surface area contributed by atoms with Crippen LogP contribution in [0.4, 0.5) is 0 Å². The number of rotatable bonds is 6. The Kier molecular flexibility index (Phi) is 5.87. The van der Waals surface area contributed by atoms with E-state index in [-0.39, 0.29) is 23.9 Å². The summed E-state index contributed by atoms with van der Waals surface area (Å²) >= 11 is 0. The van der Waals surface area contributed by atoms with E-state index < -0.39 is 0 Å². The number of hydrogen-bond donors (Lipinski definition) is 0. The zero-order valence-electron chi connectivity index (χ0n) is 12.5. The van der Waals surface area contributed by atoms with Gasteiger partial charge in [0.15, 0.2) is 0 Å². The first-order valence-electron chi connectivity index (χ1n) is 6.89. The Morgan fingerprint density at radius 3 is 2.32 bits per heavy atom. The van der Waals surface area contributed by atoms with Crippen molar-refractivity contribution < 1.29 is 14.3 Å². The smallest absolute Gasteiger partial charge is 0.313 e. The van der Waals surface area contributed by atoms with Gasteiger partial charge in [-0.05, 0) is 32.8 Å². The summed E-state index contributed by atoms with van der Waals surface area (Å²) < 4.78 is 11.0. The molecule has 19 heavy (non-hydrogen) atoms. The van der Waals surface area contributed by atoms with Crippen LogP contribution in [-0.4, -0.2) is 18.7 Å². The van der Waals surface area contributed by atoms with Crippen LogP contribution in [-0.2, 0) is 9.53 Å². The second-order valence-electron chi connectivity index (χ2n) is 5.18. The number of para-hydroxylation sites is 1. The first-order chi connectivity index (χ1) is 8.97. The summed E-state index contributed by atoms with van der Waals surface area (Å²) in [6, 6.07) is 7.70. The molecular weight excluding hydrogens is 240 g/mol. The maximum Gasteiger partial charge on any atom is 0.313 e. The van der Waals surface area contributed by atoms with E-state index in [4.69, 9.17) is 9.47 Å². The van der Waals surface area contributed by atoms with Gasteiger partial charge < -0.3 is 9.47 Å². The van der Waals surface area contributed by atoms with Gasteiger partial charge in [0.2, 0.25) is 0 Å². The number of esters is 1. The molecule has 1 unspecified atom stereocenters. The molecule has 0 spiro atoms. The van der Waals surface area contributed by atoms with Gasteiger partial charge in [0.05, 0.1) is 18.6 Å². The topological polar surface area (TPSA) is 35.5 Å². The molecule has 0 aliphatic carbocycles. The van der Waals surface area contributed by atoms with Crippen LogP contribution in [0.25, 0.3) is 0 Å². The Hall–Kier alpha value is -1.51. The molecule has 0 fully saturated rings. The molecule has 0 aliphatic heterocycles. The third-order valence-corrected chi connectivity index (χ3v) is 2.82. The lowest BCUT2D eigenvalue weighted by atomic mass is 9.88. The van der Waals surface area contributed by atoms with Crippen molar-refractivity contribution in [2.24, 2.45) is 5.92 Å². The van der Waals surface area contributed by atoms with E-state index in [0.29, 0.717) is 6.61 Å². The molecule has 0 heterocycles. The Bertz CT molecular complexity index is 410. The van der Waals surface area contributed by atoms with E-state index in [1.54, 1.807) is 0 Å². The zero-order chi connectivity index (χ0) is 14.4. The van der Waals surface area contributed by atoms with Crippen LogP contribution in [0.5, 0.6) is 5.75 Å². The molecule has 0 N–H and O–H groups in total. The van der Waals surface area contributed by atoms with Gasteiger partial charge in [-0.2, -0.15) is 0 Å². The van der Waals surface area contributed by atoms with E-state index in [0.717, 1.165) is 11.3 Å². The molecule has 0 bridgehead atoms. The number of ether oxygens (including phenoxy) is 2. The van der Waals surface area contributed by atoms with E-state index in [2.05, 4.69) is 0 Å². The monoisotopic (exact) mass is 264 g/mol. The van der Waals surface area contributed by atoms with Crippen molar-refractivity contribution in [2.75, 3.05) is 6.61 Å². The van der Waals surface area contributed by atoms with Crippen molar-refractivity contribution in [3.05, 3.63) is 29.8 Å². The summed E-state index contributed by atoms with van der Waals surface area (Å²) in [5.41, 5.74) is 0.907. The summed E-state index contributed by atoms with van der Waals surface area (Å²) in [6.07, 6.45) is 0.0798. The van der Waals surface area contributed by atoms with Crippen molar-refractivity contribution in [1.82, 2.24) is 0 Å². The molecule has 3 nitrogen and oxygen atoms in total. The van der Waals surface area contributed by atoms with Crippen LogP contribution in [0.15, 0.2) is 24.3 Å². The normalized spacial score (nSPS) is 12.6. The highest BCUT2D eigenvalue weighted by atomic mass is 16.5. The van der Waals surface area contributed by atoms with Gasteiger partial charge in [-0.1, -0.05) is 32.0 Å². The fraction of sp³-hybridized carbons (Fsp3) is 0.562. The number of hydrogen-bond acceptors (Lipinski definition) is 3. The van der Waals surface area contributed by atoms with Gasteiger partial charge in [-0.25, -0.2) is 0 Å². The summed E-state index contributed by atoms with van der Waals surface area (Å²) in [5.74, 6) is 0.465. The molecule has 1 aromatic rings. The van der Waals surface area contributed by atoms with Crippen molar-refractivity contribution in [1.29, 1.82) is 0 Å². The average molecular weight is 264 g/mol. The maximum absolute atomic E-state index is 12.1. The molecule has 0 aromatic heterocycles. The quantitative estimate of drug-likeness (QED) is 0.734. The standard InChI is InChI=1S/C16H24O3/c1-6-18-16(17)15(11(2)3)13-9-7-8-10-14(13)19-12(4)5/h7-12,15H,6H2,1-5H3. The molecule has 0 radical (unpaired) electrons. The molecule has 106 valence electrons. The number of benzene rings is 1. The van der Waals surface area contributed by atoms with E-state index in [1.807, 2.05) is 58.9 Å². The third kappa shape index (κ3) is 4.27. The number of carbonyl (C=O) groups excluding carboxylic acids is 1. The summed E-state index contributed by atoms with van der Waals surface area (Å²) in [6.45, 7) is 10.2. The predicted molar refractivity (Wildman–Crippen MR) is 76.4 cm³/mol. The highest BCUT2D eigenvalue weighted by Crippen LogP contribution is 2.33. The summed E-state index contributed by atoms with van der Waals surface area (Å²) in [5, 5.41) is 0. The van der Waals surface area contributed by atoms with Crippen molar-refractivity contribution in [3.63, 3.8) is 0 Å². The largest absolute Gasteiger partial charge is 0.491 e. The van der Waals surface area contributed by atoms with E-state index in [1.165, 1.54) is 0 Å². The first kappa shape index (κ1) is 15.5. The molecule has 0 amide bonds. The fourth-order valence-corrected chi connectivity index (χ4v) is 2.09. The average Bonchev–Trinajstić information content (AvgIpc) is 2.30. The van der Waals surface area contributed by atoms with Crippen molar-refractivity contribution >= 4 is 5.97 Å². The Morgan fingerprint density at radius 2 is 1.79 bits per heavy atom. The molecule has 0 saturated heterocycles. The highest BCUT2D eigenvalue weighted by Gasteiger charge is 2.28. The fourth-order valence-electron chi connectivity index (χ4n) is 2.09. The molecule has 1 rings (SSSR count). The van der Waals surface area contributed by atoms with Crippen LogP contribution in [0.2, 0.25) is 0 Å². The van der Waals surface area contributed by atoms with Crippen molar-refractivity contribution in [3.8, 4) is 5.75 Å². The molecule has 3 heteroatoms. The molecule has 0 saturated carbocycles. The van der Waals surface area contributed by atoms with Gasteiger partial charge in [0.25, 0.3) is 0 Å². The predicted octanol–water partition coefficient (Wildman–Crippen LogP) is 3.78. The zero-order valence-corrected chi connectivity index (χ0v) is 12.5. The third-order valence-electron chi connectivity index (χ3n) is 2.82. The number of carbonyl (C=O) groups is 1. The Morgan fingerprint density at radius 1 is 1.16 bits per heavy atom. The van der Waals surface area contributed by atoms with Crippen LogP contribution in [0.3, 0.4) is 0 Å². The van der Waals surface area contributed by atoms with Gasteiger partial charge in [0, 0.05) is 5.56 Å². The lowest BCUT2D eigenvalue weighted by Gasteiger charge is -2.23. The highest BCUT2D eigenvalue weighted by molar-refractivity contribution is 5.79. The van der Waals surface area contributed by atoms with Crippen LogP contribution < -0.4 is 4.74 Å². The molecule has 0 aliphatic rings. The minimum atomic E-state index is -0.283. The van der Waals surface area contributed by atoms with Crippen LogP contribution in [0.1, 0.15) is 46.1 Å². The Labute approximate surface area is 115 Å². The van der Waals surface area contributed by atoms with E-state index >= 15 is 0 Å². The minimum absolute atomic E-state index is 0.0798. The van der Waals surface area contributed by atoms with Gasteiger partial charge >= 0.3 is 5.97 Å². The SMILES string of the molecule is CCOC(=O)C(c1ccccc1OC(C)C)C(C)C. The second-order valence-corrected chi connectivity index (χ2v) is 5.18. The lowest BCUT2D eigenvalue weighted by Crippen LogP contribution is -2.22. The van der Waals surface area contributed by atoms with E-state index in [9.17, 15) is 4.79 Å². The molecule has 1 atom stereocenters. The van der Waals surface area contributed by atoms with Crippen molar-refractivity contribution in [2.45, 2.75) is 46.6 Å². The second kappa shape index (κ2) is 7.17. The first-order valence-corrected chi connectivity index (χ1v) is 6.89. The van der Waals surface area contributed by atoms with Gasteiger partial charge in [-0.15, -0.1) is 0 Å². The Balaban J connectivity index is 3.11. The molecular formula is C16H24O3. The molecule has 1 aromatic carbocycles. The summed E-state index contributed by atoms with van der Waals surface area (Å²) in [7, 11) is 0. The van der Waals surface area contributed by atoms with Gasteiger partial charge in [-0.3, -0.25) is 4.79 Å². The maximum atomic E-state index is 12.1.